The van der Waals surface area contributed by atoms with Gasteiger partial charge in [-0.3, -0.25) is 0 Å². The zero-order chi connectivity index (χ0) is 13.7. The van der Waals surface area contributed by atoms with Gasteiger partial charge in [0.25, 0.3) is 0 Å². The van der Waals surface area contributed by atoms with E-state index in [0.29, 0.717) is 15.7 Å². The molecule has 1 aliphatic rings. The molecule has 0 aliphatic heterocycles. The Labute approximate surface area is 115 Å². The lowest BCUT2D eigenvalue weighted by atomic mass is 9.89. The van der Waals surface area contributed by atoms with E-state index in [-0.39, 0.29) is 0 Å². The minimum absolute atomic E-state index is 0.344. The topological polar surface area (TPSA) is 34.1 Å². The van der Waals surface area contributed by atoms with Crippen LogP contribution in [0.4, 0.5) is 0 Å². The fourth-order valence-corrected chi connectivity index (χ4v) is 3.91. The zero-order valence-electron chi connectivity index (χ0n) is 11.1. The summed E-state index contributed by atoms with van der Waals surface area (Å²) in [6.07, 6.45) is 9.18. The summed E-state index contributed by atoms with van der Waals surface area (Å²) in [6.45, 7) is 3.67. The number of hydrogen-bond acceptors (Lipinski definition) is 2. The van der Waals surface area contributed by atoms with Crippen molar-refractivity contribution in [2.24, 2.45) is 5.92 Å². The Morgan fingerprint density at radius 1 is 1.11 bits per heavy atom. The molecule has 0 bridgehead atoms. The Morgan fingerprint density at radius 2 is 1.74 bits per heavy atom. The van der Waals surface area contributed by atoms with E-state index in [1.807, 2.05) is 12.1 Å². The van der Waals surface area contributed by atoms with Crippen molar-refractivity contribution < 1.29 is 8.42 Å². The van der Waals surface area contributed by atoms with Crippen LogP contribution in [0.25, 0.3) is 0 Å². The lowest BCUT2D eigenvalue weighted by Gasteiger charge is -2.19. The van der Waals surface area contributed by atoms with Crippen LogP contribution in [0, 0.1) is 5.92 Å². The monoisotopic (exact) mass is 276 g/mol. The van der Waals surface area contributed by atoms with Crippen molar-refractivity contribution in [3.8, 4) is 0 Å². The predicted octanol–water partition coefficient (Wildman–Crippen LogP) is 4.11. The third-order valence-corrected chi connectivity index (χ3v) is 5.43. The van der Waals surface area contributed by atoms with Crippen molar-refractivity contribution >= 4 is 9.84 Å². The first kappa shape index (κ1) is 14.1. The van der Waals surface area contributed by atoms with E-state index in [9.17, 15) is 8.42 Å². The molecule has 1 aromatic rings. The second-order valence-electron chi connectivity index (χ2n) is 4.99. The molecule has 0 heterocycles. The Kier molecular flexibility index (Phi) is 4.59. The SMILES string of the molecule is C=C/C(=C\C1CCCCC1)S(=O)(=O)c1ccccc1. The molecule has 0 amide bonds. The predicted molar refractivity (Wildman–Crippen MR) is 78.5 cm³/mol. The summed E-state index contributed by atoms with van der Waals surface area (Å²) in [6, 6.07) is 8.57. The van der Waals surface area contributed by atoms with Crippen molar-refractivity contribution in [3.63, 3.8) is 0 Å². The molecule has 0 N–H and O–H groups in total. The average Bonchev–Trinajstić information content (AvgIpc) is 2.46. The molecule has 1 fully saturated rings. The van der Waals surface area contributed by atoms with Gasteiger partial charge in [0.1, 0.15) is 0 Å². The molecule has 19 heavy (non-hydrogen) atoms. The molecule has 2 nitrogen and oxygen atoms in total. The minimum atomic E-state index is -3.41. The lowest BCUT2D eigenvalue weighted by molar-refractivity contribution is 0.419. The van der Waals surface area contributed by atoms with E-state index < -0.39 is 9.84 Å². The van der Waals surface area contributed by atoms with Crippen LogP contribution < -0.4 is 0 Å². The highest BCUT2D eigenvalue weighted by molar-refractivity contribution is 7.95. The van der Waals surface area contributed by atoms with Gasteiger partial charge < -0.3 is 0 Å². The van der Waals surface area contributed by atoms with Crippen molar-refractivity contribution in [2.75, 3.05) is 0 Å². The average molecular weight is 276 g/mol. The summed E-state index contributed by atoms with van der Waals surface area (Å²) < 4.78 is 25.0. The fraction of sp³-hybridized carbons (Fsp3) is 0.375. The maximum absolute atomic E-state index is 12.5. The Bertz CT molecular complexity index is 550. The van der Waals surface area contributed by atoms with Crippen molar-refractivity contribution in [2.45, 2.75) is 37.0 Å². The molecular formula is C16H20O2S. The number of rotatable bonds is 4. The molecule has 102 valence electrons. The maximum atomic E-state index is 12.5. The van der Waals surface area contributed by atoms with Gasteiger partial charge in [-0.1, -0.05) is 56.2 Å². The maximum Gasteiger partial charge on any atom is 0.206 e. The van der Waals surface area contributed by atoms with Crippen LogP contribution in [0.1, 0.15) is 32.1 Å². The molecule has 0 radical (unpaired) electrons. The lowest BCUT2D eigenvalue weighted by Crippen LogP contribution is -2.08. The standard InChI is InChI=1S/C16H20O2S/c1-2-15(13-14-9-5-3-6-10-14)19(17,18)16-11-7-4-8-12-16/h2,4,7-8,11-14H,1,3,5-6,9-10H2/b15-13+. The molecule has 0 saturated heterocycles. The van der Waals surface area contributed by atoms with E-state index in [4.69, 9.17) is 0 Å². The molecule has 0 spiro atoms. The highest BCUT2D eigenvalue weighted by Crippen LogP contribution is 2.28. The van der Waals surface area contributed by atoms with Crippen LogP contribution in [0.3, 0.4) is 0 Å². The summed E-state index contributed by atoms with van der Waals surface area (Å²) in [5.41, 5.74) is 0. The molecule has 3 heteroatoms. The highest BCUT2D eigenvalue weighted by Gasteiger charge is 2.20. The number of allylic oxidation sites excluding steroid dienone is 2. The third-order valence-electron chi connectivity index (χ3n) is 3.61. The van der Waals surface area contributed by atoms with E-state index in [0.717, 1.165) is 12.8 Å². The second kappa shape index (κ2) is 6.20. The van der Waals surface area contributed by atoms with Crippen LogP contribution >= 0.6 is 0 Å². The van der Waals surface area contributed by atoms with Gasteiger partial charge >= 0.3 is 0 Å². The van der Waals surface area contributed by atoms with Crippen molar-refractivity contribution in [3.05, 3.63) is 54.0 Å². The minimum Gasteiger partial charge on any atom is -0.219 e. The third kappa shape index (κ3) is 3.35. The van der Waals surface area contributed by atoms with Gasteiger partial charge in [0.05, 0.1) is 9.80 Å². The normalized spacial score (nSPS) is 18.2. The van der Waals surface area contributed by atoms with Crippen LogP contribution in [0.15, 0.2) is 58.9 Å². The molecule has 0 unspecified atom stereocenters. The molecule has 1 aromatic carbocycles. The molecule has 2 rings (SSSR count). The van der Waals surface area contributed by atoms with Gasteiger partial charge in [-0.25, -0.2) is 8.42 Å². The molecule has 0 atom stereocenters. The number of benzene rings is 1. The van der Waals surface area contributed by atoms with Crippen LogP contribution in [-0.4, -0.2) is 8.42 Å². The van der Waals surface area contributed by atoms with Gasteiger partial charge in [-0.05, 0) is 30.9 Å². The van der Waals surface area contributed by atoms with Crippen LogP contribution in [0.2, 0.25) is 0 Å². The Morgan fingerprint density at radius 3 is 2.32 bits per heavy atom. The van der Waals surface area contributed by atoms with Crippen molar-refractivity contribution in [1.82, 2.24) is 0 Å². The first-order valence-electron chi connectivity index (χ1n) is 6.79. The largest absolute Gasteiger partial charge is 0.219 e. The smallest absolute Gasteiger partial charge is 0.206 e. The summed E-state index contributed by atoms with van der Waals surface area (Å²) in [5, 5.41) is 0. The van der Waals surface area contributed by atoms with Gasteiger partial charge in [0.2, 0.25) is 9.84 Å². The van der Waals surface area contributed by atoms with Gasteiger partial charge in [-0.15, -0.1) is 0 Å². The fourth-order valence-electron chi connectivity index (χ4n) is 2.54. The zero-order valence-corrected chi connectivity index (χ0v) is 11.9. The van der Waals surface area contributed by atoms with Gasteiger partial charge in [0.15, 0.2) is 0 Å². The summed E-state index contributed by atoms with van der Waals surface area (Å²) in [7, 11) is -3.41. The quantitative estimate of drug-likeness (QED) is 0.775. The molecule has 0 aromatic heterocycles. The van der Waals surface area contributed by atoms with E-state index in [1.54, 1.807) is 24.3 Å². The Hall–Kier alpha value is -1.35. The van der Waals surface area contributed by atoms with Gasteiger partial charge in [0, 0.05) is 0 Å². The van der Waals surface area contributed by atoms with Crippen LogP contribution in [-0.2, 0) is 9.84 Å². The summed E-state index contributed by atoms with van der Waals surface area (Å²) >= 11 is 0. The highest BCUT2D eigenvalue weighted by atomic mass is 32.2. The number of hydrogen-bond donors (Lipinski definition) is 0. The van der Waals surface area contributed by atoms with E-state index in [1.165, 1.54) is 25.3 Å². The van der Waals surface area contributed by atoms with E-state index >= 15 is 0 Å². The van der Waals surface area contributed by atoms with Crippen molar-refractivity contribution in [1.29, 1.82) is 0 Å². The number of sulfone groups is 1. The van der Waals surface area contributed by atoms with Crippen LogP contribution in [0.5, 0.6) is 0 Å². The molecule has 1 aliphatic carbocycles. The summed E-state index contributed by atoms with van der Waals surface area (Å²) in [4.78, 5) is 0.697. The molecular weight excluding hydrogens is 256 g/mol. The van der Waals surface area contributed by atoms with Gasteiger partial charge in [-0.2, -0.15) is 0 Å². The first-order chi connectivity index (χ1) is 9.14. The molecule has 1 saturated carbocycles. The first-order valence-corrected chi connectivity index (χ1v) is 8.27. The second-order valence-corrected chi connectivity index (χ2v) is 6.94. The summed E-state index contributed by atoms with van der Waals surface area (Å²) in [5.74, 6) is 0.375. The Balaban J connectivity index is 2.30. The van der Waals surface area contributed by atoms with E-state index in [2.05, 4.69) is 6.58 Å².